The average Bonchev–Trinajstić information content (AvgIpc) is 2.75. The molecular weight excluding hydrogens is 220 g/mol. The molecule has 0 amide bonds. The summed E-state index contributed by atoms with van der Waals surface area (Å²) in [5.74, 6) is 0.751. The molecule has 1 N–H and O–H groups in total. The van der Waals surface area contributed by atoms with Crippen LogP contribution in [0.5, 0.6) is 0 Å². The zero-order chi connectivity index (χ0) is 12.5. The first-order valence-corrected chi connectivity index (χ1v) is 6.02. The summed E-state index contributed by atoms with van der Waals surface area (Å²) in [7, 11) is 1.66. The molecule has 0 radical (unpaired) electrons. The van der Waals surface area contributed by atoms with E-state index in [1.807, 2.05) is 13.0 Å². The van der Waals surface area contributed by atoms with Crippen LogP contribution in [-0.4, -0.2) is 31.5 Å². The molecule has 1 heterocycles. The average molecular weight is 242 g/mol. The zero-order valence-corrected chi connectivity index (χ0v) is 10.9. The lowest BCUT2D eigenvalue weighted by molar-refractivity contribution is -0.00792. The van der Waals surface area contributed by atoms with Crippen LogP contribution in [-0.2, 0) is 22.6 Å². The van der Waals surface area contributed by atoms with Crippen molar-refractivity contribution in [3.8, 4) is 0 Å². The Kier molecular flexibility index (Phi) is 6.84. The molecule has 1 unspecified atom stereocenters. The number of nitrogens with one attached hydrogen (secondary N) is 1. The summed E-state index contributed by atoms with van der Waals surface area (Å²) in [6.45, 7) is 6.84. The first-order chi connectivity index (χ1) is 8.26. The molecule has 98 valence electrons. The van der Waals surface area contributed by atoms with E-state index in [0.717, 1.165) is 31.0 Å². The molecule has 0 aliphatic rings. The molecule has 0 aliphatic carbocycles. The molecule has 0 saturated carbocycles. The minimum absolute atomic E-state index is 0.0618. The summed E-state index contributed by atoms with van der Waals surface area (Å²) in [5.41, 5.74) is 0.913. The van der Waals surface area contributed by atoms with Gasteiger partial charge in [-0.2, -0.15) is 0 Å². The molecule has 1 atom stereocenters. The van der Waals surface area contributed by atoms with Crippen molar-refractivity contribution in [1.82, 2.24) is 10.5 Å². The van der Waals surface area contributed by atoms with Crippen LogP contribution in [0, 0.1) is 0 Å². The second-order valence-electron chi connectivity index (χ2n) is 4.04. The number of ether oxygens (including phenoxy) is 2. The van der Waals surface area contributed by atoms with Gasteiger partial charge < -0.3 is 19.3 Å². The molecular formula is C12H22N2O3. The number of nitrogens with zero attached hydrogens (tertiary/aromatic N) is 1. The Hall–Kier alpha value is -0.910. The van der Waals surface area contributed by atoms with Crippen molar-refractivity contribution >= 4 is 0 Å². The maximum absolute atomic E-state index is 5.53. The van der Waals surface area contributed by atoms with Gasteiger partial charge >= 0.3 is 0 Å². The smallest absolute Gasteiger partial charge is 0.162 e. The molecule has 5 nitrogen and oxygen atoms in total. The number of hydrogen-bond donors (Lipinski definition) is 1. The van der Waals surface area contributed by atoms with E-state index in [4.69, 9.17) is 14.0 Å². The van der Waals surface area contributed by atoms with E-state index >= 15 is 0 Å². The monoisotopic (exact) mass is 242 g/mol. The van der Waals surface area contributed by atoms with E-state index in [0.29, 0.717) is 13.2 Å². The largest absolute Gasteiger partial charge is 0.382 e. The van der Waals surface area contributed by atoms with Crippen molar-refractivity contribution in [2.75, 3.05) is 20.3 Å². The molecule has 0 bridgehead atoms. The van der Waals surface area contributed by atoms with Crippen LogP contribution in [0.3, 0.4) is 0 Å². The predicted molar refractivity (Wildman–Crippen MR) is 64.6 cm³/mol. The summed E-state index contributed by atoms with van der Waals surface area (Å²) in [6.07, 6.45) is 1.18. The van der Waals surface area contributed by atoms with E-state index < -0.39 is 0 Å². The third-order valence-corrected chi connectivity index (χ3v) is 2.25. The highest BCUT2D eigenvalue weighted by Crippen LogP contribution is 2.06. The molecule has 0 aliphatic heterocycles. The van der Waals surface area contributed by atoms with Gasteiger partial charge in [0, 0.05) is 19.7 Å². The third-order valence-electron chi connectivity index (χ3n) is 2.25. The van der Waals surface area contributed by atoms with E-state index in [2.05, 4.69) is 17.4 Å². The van der Waals surface area contributed by atoms with Crippen molar-refractivity contribution in [1.29, 1.82) is 0 Å². The highest BCUT2D eigenvalue weighted by atomic mass is 16.5. The van der Waals surface area contributed by atoms with E-state index in [1.54, 1.807) is 7.11 Å². The maximum atomic E-state index is 5.53. The van der Waals surface area contributed by atoms with Crippen LogP contribution in [0.1, 0.15) is 31.7 Å². The summed E-state index contributed by atoms with van der Waals surface area (Å²) in [5, 5.41) is 7.23. The molecule has 1 aromatic heterocycles. The second kappa shape index (κ2) is 8.22. The summed E-state index contributed by atoms with van der Waals surface area (Å²) in [6, 6.07) is 1.92. The lowest BCUT2D eigenvalue weighted by Gasteiger charge is -2.09. The van der Waals surface area contributed by atoms with Crippen LogP contribution < -0.4 is 5.32 Å². The Morgan fingerprint density at radius 2 is 2.35 bits per heavy atom. The number of rotatable bonds is 9. The number of aromatic nitrogens is 1. The van der Waals surface area contributed by atoms with Gasteiger partial charge in [-0.15, -0.1) is 0 Å². The molecule has 0 aromatic carbocycles. The van der Waals surface area contributed by atoms with Crippen LogP contribution >= 0.6 is 0 Å². The van der Waals surface area contributed by atoms with Gasteiger partial charge in [-0.25, -0.2) is 0 Å². The van der Waals surface area contributed by atoms with Gasteiger partial charge in [-0.1, -0.05) is 12.1 Å². The lowest BCUT2D eigenvalue weighted by Crippen LogP contribution is -2.14. The van der Waals surface area contributed by atoms with Crippen molar-refractivity contribution in [3.05, 3.63) is 17.5 Å². The molecule has 0 spiro atoms. The van der Waals surface area contributed by atoms with Crippen LogP contribution in [0.15, 0.2) is 10.6 Å². The van der Waals surface area contributed by atoms with Crippen molar-refractivity contribution in [2.24, 2.45) is 0 Å². The van der Waals surface area contributed by atoms with E-state index in [-0.39, 0.29) is 6.10 Å². The SMILES string of the molecule is CCCNCc1cc(COC(C)COC)on1. The van der Waals surface area contributed by atoms with E-state index in [9.17, 15) is 0 Å². The molecule has 5 heteroatoms. The lowest BCUT2D eigenvalue weighted by atomic mass is 10.3. The fourth-order valence-electron chi connectivity index (χ4n) is 1.41. The highest BCUT2D eigenvalue weighted by Gasteiger charge is 2.07. The van der Waals surface area contributed by atoms with Crippen molar-refractivity contribution < 1.29 is 14.0 Å². The van der Waals surface area contributed by atoms with Crippen molar-refractivity contribution in [2.45, 2.75) is 39.5 Å². The van der Waals surface area contributed by atoms with Gasteiger partial charge in [0.05, 0.1) is 18.4 Å². The summed E-state index contributed by atoms with van der Waals surface area (Å²) in [4.78, 5) is 0. The highest BCUT2D eigenvalue weighted by molar-refractivity contribution is 5.04. The zero-order valence-electron chi connectivity index (χ0n) is 10.9. The van der Waals surface area contributed by atoms with Crippen LogP contribution in [0.2, 0.25) is 0 Å². The minimum atomic E-state index is 0.0618. The van der Waals surface area contributed by atoms with Gasteiger partial charge in [-0.05, 0) is 19.9 Å². The Labute approximate surface area is 102 Å². The van der Waals surface area contributed by atoms with Gasteiger partial charge in [0.2, 0.25) is 0 Å². The number of hydrogen-bond acceptors (Lipinski definition) is 5. The Bertz CT molecular complexity index is 302. The summed E-state index contributed by atoms with van der Waals surface area (Å²) < 4.78 is 15.7. The first-order valence-electron chi connectivity index (χ1n) is 6.02. The normalized spacial score (nSPS) is 12.9. The maximum Gasteiger partial charge on any atom is 0.162 e. The quantitative estimate of drug-likeness (QED) is 0.668. The fraction of sp³-hybridized carbons (Fsp3) is 0.750. The second-order valence-corrected chi connectivity index (χ2v) is 4.04. The van der Waals surface area contributed by atoms with Gasteiger partial charge in [-0.3, -0.25) is 0 Å². The van der Waals surface area contributed by atoms with Gasteiger partial charge in [0.15, 0.2) is 5.76 Å². The molecule has 1 rings (SSSR count). The van der Waals surface area contributed by atoms with E-state index in [1.165, 1.54) is 0 Å². The molecule has 0 saturated heterocycles. The Morgan fingerprint density at radius 1 is 1.53 bits per heavy atom. The molecule has 0 fully saturated rings. The fourth-order valence-corrected chi connectivity index (χ4v) is 1.41. The molecule has 17 heavy (non-hydrogen) atoms. The Balaban J connectivity index is 2.25. The van der Waals surface area contributed by atoms with Crippen LogP contribution in [0.25, 0.3) is 0 Å². The Morgan fingerprint density at radius 3 is 3.06 bits per heavy atom. The topological polar surface area (TPSA) is 56.5 Å². The minimum Gasteiger partial charge on any atom is -0.382 e. The van der Waals surface area contributed by atoms with Gasteiger partial charge in [0.25, 0.3) is 0 Å². The third kappa shape index (κ3) is 5.81. The predicted octanol–water partition coefficient (Wildman–Crippen LogP) is 1.73. The van der Waals surface area contributed by atoms with Crippen molar-refractivity contribution in [3.63, 3.8) is 0 Å². The van der Waals surface area contributed by atoms with Gasteiger partial charge in [0.1, 0.15) is 6.61 Å². The summed E-state index contributed by atoms with van der Waals surface area (Å²) >= 11 is 0. The van der Waals surface area contributed by atoms with Crippen LogP contribution in [0.4, 0.5) is 0 Å². The number of methoxy groups -OCH3 is 1. The first kappa shape index (κ1) is 14.2. The molecule has 1 aromatic rings. The standard InChI is InChI=1S/C12H22N2O3/c1-4-5-13-7-11-6-12(17-14-11)9-16-10(2)8-15-3/h6,10,13H,4-5,7-9H2,1-3H3.